The topological polar surface area (TPSA) is 24.1 Å². The number of alkyl halides is 6. The molecule has 3 aliphatic carbocycles. The minimum Gasteiger partial charge on any atom is -0.307 e. The highest BCUT2D eigenvalue weighted by Crippen LogP contribution is 2.34. The van der Waals surface area contributed by atoms with Crippen LogP contribution in [0, 0.1) is 0 Å². The average molecular weight is 485 g/mol. The van der Waals surface area contributed by atoms with E-state index in [0.29, 0.717) is 12.1 Å². The number of nitrogens with one attached hydrogen (secondary N) is 2. The first kappa shape index (κ1) is 22.3. The summed E-state index contributed by atoms with van der Waals surface area (Å²) in [6.45, 7) is 0. The first-order chi connectivity index (χ1) is 12.3. The van der Waals surface area contributed by atoms with Gasteiger partial charge in [0, 0.05) is 34.9 Å². The van der Waals surface area contributed by atoms with Crippen molar-refractivity contribution in [3.63, 3.8) is 0 Å². The van der Waals surface area contributed by atoms with Gasteiger partial charge in [0.15, 0.2) is 0 Å². The van der Waals surface area contributed by atoms with E-state index in [2.05, 4.69) is 10.6 Å². The Balaban J connectivity index is 1.62. The molecule has 3 rings (SSSR count). The molecule has 0 aromatic carbocycles. The van der Waals surface area contributed by atoms with Crippen molar-refractivity contribution < 1.29 is 0 Å². The number of rotatable bonds is 4. The lowest BCUT2D eigenvalue weighted by Crippen LogP contribution is -2.62. The molecule has 0 heterocycles. The largest absolute Gasteiger partial charge is 0.307 e. The van der Waals surface area contributed by atoms with E-state index in [1.807, 2.05) is 0 Å². The van der Waals surface area contributed by atoms with Crippen LogP contribution in [0.5, 0.6) is 0 Å². The molecule has 0 aromatic rings. The second kappa shape index (κ2) is 10.1. The molecule has 26 heavy (non-hydrogen) atoms. The summed E-state index contributed by atoms with van der Waals surface area (Å²) in [5.74, 6) is 0. The van der Waals surface area contributed by atoms with E-state index in [1.54, 1.807) is 0 Å². The summed E-state index contributed by atoms with van der Waals surface area (Å²) in [5, 5.41) is 7.50. The zero-order valence-corrected chi connectivity index (χ0v) is 19.2. The van der Waals surface area contributed by atoms with Gasteiger partial charge in [0.2, 0.25) is 0 Å². The van der Waals surface area contributed by atoms with E-state index in [1.165, 1.54) is 12.8 Å². The summed E-state index contributed by atoms with van der Waals surface area (Å²) >= 11 is 38.9. The van der Waals surface area contributed by atoms with Crippen molar-refractivity contribution >= 4 is 69.6 Å². The molecular weight excluding hydrogens is 457 g/mol. The highest BCUT2D eigenvalue weighted by molar-refractivity contribution is 6.28. The Bertz CT molecular complexity index is 391. The van der Waals surface area contributed by atoms with Crippen LogP contribution < -0.4 is 10.6 Å². The van der Waals surface area contributed by atoms with Gasteiger partial charge in [0.05, 0.1) is 21.5 Å². The molecule has 0 aromatic heterocycles. The van der Waals surface area contributed by atoms with Crippen molar-refractivity contribution in [1.29, 1.82) is 0 Å². The van der Waals surface area contributed by atoms with Crippen LogP contribution in [0.4, 0.5) is 0 Å². The Morgan fingerprint density at radius 2 is 0.808 bits per heavy atom. The quantitative estimate of drug-likeness (QED) is 0.519. The molecule has 0 amide bonds. The third-order valence-electron chi connectivity index (χ3n) is 6.06. The highest BCUT2D eigenvalue weighted by Gasteiger charge is 2.41. The van der Waals surface area contributed by atoms with Crippen LogP contribution >= 0.6 is 69.6 Å². The third-order valence-corrected chi connectivity index (χ3v) is 8.57. The molecule has 2 N–H and O–H groups in total. The van der Waals surface area contributed by atoms with Gasteiger partial charge in [-0.2, -0.15) is 0 Å². The highest BCUT2D eigenvalue weighted by atomic mass is 35.5. The van der Waals surface area contributed by atoms with Gasteiger partial charge in [0.25, 0.3) is 0 Å². The van der Waals surface area contributed by atoms with E-state index in [4.69, 9.17) is 69.6 Å². The summed E-state index contributed by atoms with van der Waals surface area (Å²) in [7, 11) is 0. The van der Waals surface area contributed by atoms with Crippen LogP contribution in [0.15, 0.2) is 0 Å². The smallest absolute Gasteiger partial charge is 0.0517 e. The Kier molecular flexibility index (Phi) is 8.69. The lowest BCUT2D eigenvalue weighted by atomic mass is 9.85. The summed E-state index contributed by atoms with van der Waals surface area (Å²) in [6.07, 6.45) is 7.81. The number of hydrogen-bond acceptors (Lipinski definition) is 2. The lowest BCUT2D eigenvalue weighted by Gasteiger charge is -2.44. The molecule has 0 spiro atoms. The molecule has 2 nitrogen and oxygen atoms in total. The Morgan fingerprint density at radius 3 is 1.12 bits per heavy atom. The SMILES string of the molecule is ClC1CC(Cl)C(NC2CCCCC2NC2C(Cl)CC(Cl)CC2Cl)C(Cl)C1. The molecule has 3 saturated carbocycles. The van der Waals surface area contributed by atoms with Crippen molar-refractivity contribution in [1.82, 2.24) is 10.6 Å². The predicted molar refractivity (Wildman–Crippen MR) is 116 cm³/mol. The normalized spacial score (nSPS) is 50.5. The summed E-state index contributed by atoms with van der Waals surface area (Å²) in [6, 6.07) is 0.810. The minimum absolute atomic E-state index is 0.0374. The second-order valence-electron chi connectivity index (χ2n) is 8.08. The van der Waals surface area contributed by atoms with E-state index >= 15 is 0 Å². The van der Waals surface area contributed by atoms with Crippen molar-refractivity contribution in [2.75, 3.05) is 0 Å². The second-order valence-corrected chi connectivity index (χ2v) is 11.6. The minimum atomic E-state index is -0.0374. The van der Waals surface area contributed by atoms with Gasteiger partial charge in [0.1, 0.15) is 0 Å². The molecule has 6 unspecified atom stereocenters. The fourth-order valence-electron chi connectivity index (χ4n) is 4.65. The number of hydrogen-bond donors (Lipinski definition) is 2. The van der Waals surface area contributed by atoms with Crippen molar-refractivity contribution in [3.05, 3.63) is 0 Å². The van der Waals surface area contributed by atoms with Crippen molar-refractivity contribution in [3.8, 4) is 0 Å². The van der Waals surface area contributed by atoms with Gasteiger partial charge < -0.3 is 10.6 Å². The predicted octanol–water partition coefficient (Wildman–Crippen LogP) is 5.45. The maximum atomic E-state index is 6.58. The van der Waals surface area contributed by atoms with E-state index in [0.717, 1.165) is 38.5 Å². The van der Waals surface area contributed by atoms with Gasteiger partial charge in [-0.3, -0.25) is 0 Å². The van der Waals surface area contributed by atoms with Gasteiger partial charge in [-0.25, -0.2) is 0 Å². The van der Waals surface area contributed by atoms with Crippen LogP contribution in [-0.4, -0.2) is 56.4 Å². The summed E-state index contributed by atoms with van der Waals surface area (Å²) in [4.78, 5) is 0. The van der Waals surface area contributed by atoms with Crippen LogP contribution in [0.2, 0.25) is 0 Å². The zero-order valence-electron chi connectivity index (χ0n) is 14.7. The standard InChI is InChI=1S/C18H28Cl6N2/c19-9-5-11(21)17(12(22)6-9)25-15-3-1-2-4-16(15)26-18-13(23)7-10(20)8-14(18)24/h9-18,25-26H,1-8H2. The van der Waals surface area contributed by atoms with Gasteiger partial charge in [-0.15, -0.1) is 69.6 Å². The Morgan fingerprint density at radius 1 is 0.500 bits per heavy atom. The van der Waals surface area contributed by atoms with Crippen LogP contribution in [0.3, 0.4) is 0 Å². The molecule has 0 aliphatic heterocycles. The Labute approximate surface area is 187 Å². The average Bonchev–Trinajstić information content (AvgIpc) is 2.55. The molecule has 8 heteroatoms. The molecule has 0 radical (unpaired) electrons. The van der Waals surface area contributed by atoms with E-state index in [9.17, 15) is 0 Å². The van der Waals surface area contributed by atoms with Gasteiger partial charge in [-0.05, 0) is 38.5 Å². The fourth-order valence-corrected chi connectivity index (χ4v) is 7.79. The maximum absolute atomic E-state index is 6.58. The maximum Gasteiger partial charge on any atom is 0.0517 e. The molecule has 0 saturated heterocycles. The molecular formula is C18H28Cl6N2. The third kappa shape index (κ3) is 5.63. The van der Waals surface area contributed by atoms with Crippen LogP contribution in [0.1, 0.15) is 51.4 Å². The number of halogens is 6. The van der Waals surface area contributed by atoms with Crippen molar-refractivity contribution in [2.24, 2.45) is 0 Å². The molecule has 152 valence electrons. The van der Waals surface area contributed by atoms with Crippen molar-refractivity contribution in [2.45, 2.75) is 108 Å². The first-order valence-corrected chi connectivity index (χ1v) is 12.3. The molecule has 0 bridgehead atoms. The summed E-state index contributed by atoms with van der Waals surface area (Å²) in [5.41, 5.74) is 0. The van der Waals surface area contributed by atoms with E-state index < -0.39 is 0 Å². The van der Waals surface area contributed by atoms with Crippen LogP contribution in [-0.2, 0) is 0 Å². The van der Waals surface area contributed by atoms with Crippen LogP contribution in [0.25, 0.3) is 0 Å². The van der Waals surface area contributed by atoms with E-state index in [-0.39, 0.29) is 44.3 Å². The Hall–Kier alpha value is 1.66. The zero-order chi connectivity index (χ0) is 18.8. The molecule has 3 fully saturated rings. The summed E-state index contributed by atoms with van der Waals surface area (Å²) < 4.78 is 0. The van der Waals surface area contributed by atoms with Gasteiger partial charge in [-0.1, -0.05) is 12.8 Å². The monoisotopic (exact) mass is 482 g/mol. The first-order valence-electron chi connectivity index (χ1n) is 9.71. The fraction of sp³-hybridized carbons (Fsp3) is 1.00. The van der Waals surface area contributed by atoms with Gasteiger partial charge >= 0.3 is 0 Å². The molecule has 3 aliphatic rings. The molecule has 6 atom stereocenters. The lowest BCUT2D eigenvalue weighted by molar-refractivity contribution is 0.220.